The van der Waals surface area contributed by atoms with Crippen LogP contribution in [0.1, 0.15) is 113 Å². The van der Waals surface area contributed by atoms with Crippen LogP contribution in [0, 0.1) is 23.7 Å². The third-order valence-corrected chi connectivity index (χ3v) is 8.80. The first-order valence-corrected chi connectivity index (χ1v) is 19.5. The summed E-state index contributed by atoms with van der Waals surface area (Å²) in [4.78, 5) is 52.1. The average molecular weight is 755 g/mol. The van der Waals surface area contributed by atoms with E-state index >= 15 is 0 Å². The van der Waals surface area contributed by atoms with Crippen molar-refractivity contribution in [3.05, 3.63) is 58.4 Å². The summed E-state index contributed by atoms with van der Waals surface area (Å²) >= 11 is 0. The van der Waals surface area contributed by atoms with Gasteiger partial charge >= 0.3 is 39.0 Å². The summed E-state index contributed by atoms with van der Waals surface area (Å²) in [5, 5.41) is 14.0. The molecule has 7 nitrogen and oxygen atoms in total. The molecule has 14 heteroatoms. The van der Waals surface area contributed by atoms with Crippen LogP contribution in [0.2, 0.25) is 0 Å². The minimum absolute atomic E-state index is 0.00774. The number of amides is 1. The van der Waals surface area contributed by atoms with Gasteiger partial charge in [0.1, 0.15) is 6.10 Å². The van der Waals surface area contributed by atoms with Crippen molar-refractivity contribution in [2.24, 2.45) is 23.7 Å². The van der Waals surface area contributed by atoms with E-state index in [0.717, 1.165) is 24.8 Å². The molecule has 2 N–H and O–H groups in total. The summed E-state index contributed by atoms with van der Waals surface area (Å²) in [5.41, 5.74) is 2.26. The van der Waals surface area contributed by atoms with Crippen molar-refractivity contribution < 1.29 is 54.2 Å². The van der Waals surface area contributed by atoms with Gasteiger partial charge in [0.05, 0.1) is 11.8 Å². The molecule has 0 saturated heterocycles. The zero-order valence-electron chi connectivity index (χ0n) is 30.9. The molecule has 6 atom stereocenters. The van der Waals surface area contributed by atoms with Crippen LogP contribution < -0.4 is 5.32 Å². The van der Waals surface area contributed by atoms with Crippen LogP contribution in [0.15, 0.2) is 58.4 Å². The van der Waals surface area contributed by atoms with Crippen molar-refractivity contribution >= 4 is 31.3 Å². The number of carbonyl (C=O) groups excluding carboxylic acids is 4. The van der Waals surface area contributed by atoms with Crippen molar-refractivity contribution in [3.8, 4) is 0 Å². The summed E-state index contributed by atoms with van der Waals surface area (Å²) in [6.45, 7) is 15.0. The number of aliphatic hydroxyl groups excluding tert-OH is 1. The number of esters is 1. The fraction of sp³-hybridized carbons (Fsp3) is 0.622. The number of ether oxygens (including phenoxy) is 1. The standard InChI is InChI=1S/C37H55NO6.F6P/c1-9-10-11-12-13-14-18-30-31-20-23(2)19-26(5)34(41)27(6)21-28(7)36(44-29(8)39)24(3)16-15-17-25(4)37(43)38-32(35(31)42)22-33(30)40;1-7(2,3,4,5)6/h15-17,21-24,26-27,34,36,41H,9-14,18-20H2,1-8H3,(H,38,43);/q;-1/b16-15-,25-17+,28-21+;/t23-,24-,26-,27-,34?,36+;/m0./s1. The Hall–Kier alpha value is -3.05. The van der Waals surface area contributed by atoms with Crippen LogP contribution in [0.5, 0.6) is 0 Å². The number of rotatable bonds is 8. The number of ketones is 2. The van der Waals surface area contributed by atoms with Crippen molar-refractivity contribution in [2.45, 2.75) is 125 Å². The van der Waals surface area contributed by atoms with Crippen LogP contribution in [-0.4, -0.2) is 40.8 Å². The zero-order valence-corrected chi connectivity index (χ0v) is 31.8. The molecule has 0 saturated carbocycles. The third-order valence-electron chi connectivity index (χ3n) is 8.80. The van der Waals surface area contributed by atoms with Crippen molar-refractivity contribution in [1.82, 2.24) is 5.32 Å². The van der Waals surface area contributed by atoms with Crippen molar-refractivity contribution in [2.75, 3.05) is 0 Å². The fourth-order valence-corrected chi connectivity index (χ4v) is 6.30. The number of carbonyl (C=O) groups is 4. The summed E-state index contributed by atoms with van der Waals surface area (Å²) in [6.07, 6.45) is 15.3. The van der Waals surface area contributed by atoms with E-state index in [2.05, 4.69) is 12.2 Å². The Labute approximate surface area is 298 Å². The molecule has 1 aliphatic carbocycles. The molecule has 0 spiro atoms. The Bertz CT molecular complexity index is 1420. The molecule has 1 heterocycles. The molecule has 2 rings (SSSR count). The second-order valence-electron chi connectivity index (χ2n) is 14.0. The average Bonchev–Trinajstić information content (AvgIpc) is 2.98. The first kappa shape index (κ1) is 46.0. The summed E-state index contributed by atoms with van der Waals surface area (Å²) < 4.78 is 64.9. The minimum atomic E-state index is -10.7. The Balaban J connectivity index is 0.00000167. The normalized spacial score (nSPS) is 29.9. The number of fused-ring (bicyclic) bond motifs is 2. The van der Waals surface area contributed by atoms with Gasteiger partial charge in [0, 0.05) is 41.6 Å². The van der Waals surface area contributed by atoms with E-state index in [0.29, 0.717) is 36.0 Å². The second-order valence-corrected chi connectivity index (χ2v) is 16.0. The number of unbranched alkanes of at least 4 members (excludes halogenated alkanes) is 5. The topological polar surface area (TPSA) is 110 Å². The molecule has 0 fully saturated rings. The van der Waals surface area contributed by atoms with Gasteiger partial charge in [-0.05, 0) is 56.9 Å². The van der Waals surface area contributed by atoms with E-state index in [1.54, 1.807) is 19.1 Å². The molecule has 0 radical (unpaired) electrons. The van der Waals surface area contributed by atoms with E-state index in [4.69, 9.17) is 4.74 Å². The maximum absolute atomic E-state index is 13.8. The summed E-state index contributed by atoms with van der Waals surface area (Å²) in [7, 11) is -10.7. The predicted octanol–water partition coefficient (Wildman–Crippen LogP) is 10.6. The molecule has 51 heavy (non-hydrogen) atoms. The van der Waals surface area contributed by atoms with Crippen molar-refractivity contribution in [1.29, 1.82) is 0 Å². The Kier molecular flexibility index (Phi) is 16.8. The zero-order chi connectivity index (χ0) is 39.4. The SMILES string of the molecule is CCCCCCCCC1=C2C[C@@H](C)C[C@H](C)C(O)[C@@H](C)/C=C(\C)[C@H](OC(C)=O)[C@@H](C)/C=C\C=C(/C)C(=O)NC(=CC1=O)C2=O.F[P-](F)(F)(F)(F)F. The molecule has 0 aromatic rings. The number of hydrogen-bond acceptors (Lipinski definition) is 6. The van der Waals surface area contributed by atoms with Crippen LogP contribution >= 0.6 is 7.81 Å². The van der Waals surface area contributed by atoms with Crippen LogP contribution in [0.4, 0.5) is 25.2 Å². The van der Waals surface area contributed by atoms with Gasteiger partial charge in [-0.3, -0.25) is 19.2 Å². The van der Waals surface area contributed by atoms with Crippen LogP contribution in [0.3, 0.4) is 0 Å². The van der Waals surface area contributed by atoms with Gasteiger partial charge in [0.15, 0.2) is 5.78 Å². The number of hydrogen-bond donors (Lipinski definition) is 2. The van der Waals surface area contributed by atoms with Gasteiger partial charge in [-0.25, -0.2) is 0 Å². The summed E-state index contributed by atoms with van der Waals surface area (Å²) in [5.74, 6) is -1.85. The van der Waals surface area contributed by atoms with E-state index < -0.39 is 31.9 Å². The number of Topliss-reactive ketones (excluding diaryl/α,β-unsaturated/α-hetero) is 1. The van der Waals surface area contributed by atoms with Crippen LogP contribution in [0.25, 0.3) is 0 Å². The fourth-order valence-electron chi connectivity index (χ4n) is 6.30. The molecule has 2 bridgehead atoms. The van der Waals surface area contributed by atoms with E-state index in [1.165, 1.54) is 32.3 Å². The Morgan fingerprint density at radius 2 is 1.51 bits per heavy atom. The van der Waals surface area contributed by atoms with E-state index in [1.807, 2.05) is 46.8 Å². The molecule has 1 aliphatic heterocycles. The number of aliphatic hydroxyl groups is 1. The first-order chi connectivity index (χ1) is 23.2. The van der Waals surface area contributed by atoms with Gasteiger partial charge < -0.3 is 15.2 Å². The van der Waals surface area contributed by atoms with Gasteiger partial charge in [0.25, 0.3) is 5.91 Å². The van der Waals surface area contributed by atoms with Crippen LogP contribution in [-0.2, 0) is 23.9 Å². The third kappa shape index (κ3) is 18.8. The first-order valence-electron chi connectivity index (χ1n) is 17.5. The molecule has 292 valence electrons. The van der Waals surface area contributed by atoms with Gasteiger partial charge in [-0.2, -0.15) is 0 Å². The van der Waals surface area contributed by atoms with Gasteiger partial charge in [0.2, 0.25) is 5.78 Å². The maximum atomic E-state index is 13.8. The molecular weight excluding hydrogens is 699 g/mol. The Morgan fingerprint density at radius 3 is 2.08 bits per heavy atom. The monoisotopic (exact) mass is 754 g/mol. The quantitative estimate of drug-likeness (QED) is 0.0638. The number of halogens is 6. The molecular formula is C37H55F6NO6P-. The number of nitrogens with one attached hydrogen (secondary N) is 1. The molecule has 1 amide bonds. The van der Waals surface area contributed by atoms with Crippen molar-refractivity contribution in [3.63, 3.8) is 0 Å². The molecule has 2 aliphatic rings. The van der Waals surface area contributed by atoms with E-state index in [-0.39, 0.29) is 40.9 Å². The number of allylic oxidation sites excluding steroid dienone is 5. The second kappa shape index (κ2) is 18.6. The summed E-state index contributed by atoms with van der Waals surface area (Å²) in [6, 6.07) is 0. The van der Waals surface area contributed by atoms with Gasteiger partial charge in [-0.15, -0.1) is 0 Å². The van der Waals surface area contributed by atoms with Gasteiger partial charge in [-0.1, -0.05) is 91.0 Å². The molecule has 0 aromatic heterocycles. The predicted molar refractivity (Wildman–Crippen MR) is 189 cm³/mol. The van der Waals surface area contributed by atoms with E-state index in [9.17, 15) is 49.5 Å². The Morgan fingerprint density at radius 1 is 0.941 bits per heavy atom. The molecule has 1 unspecified atom stereocenters. The molecule has 0 aromatic carbocycles.